The number of halogens is 1. The number of carbonyl (C=O) groups excluding carboxylic acids is 1. The predicted molar refractivity (Wildman–Crippen MR) is 87.8 cm³/mol. The topological polar surface area (TPSA) is 76.4 Å². The molecule has 6 nitrogen and oxygen atoms in total. The van der Waals surface area contributed by atoms with Crippen LogP contribution in [0.25, 0.3) is 5.69 Å². The molecule has 1 aromatic carbocycles. The maximum absolute atomic E-state index is 13.1. The first-order chi connectivity index (χ1) is 11.4. The zero-order valence-electron chi connectivity index (χ0n) is 14.0. The molecule has 0 bridgehead atoms. The Hall–Kier alpha value is -2.25. The van der Waals surface area contributed by atoms with E-state index in [1.165, 1.54) is 25.4 Å². The van der Waals surface area contributed by atoms with Crippen molar-refractivity contribution >= 4 is 5.91 Å². The molecule has 2 N–H and O–H groups in total. The normalized spacial score (nSPS) is 12.4. The molecule has 0 aliphatic carbocycles. The number of aliphatic hydroxyl groups is 1. The Kier molecular flexibility index (Phi) is 6.05. The molecule has 0 aliphatic heterocycles. The van der Waals surface area contributed by atoms with Gasteiger partial charge in [0.15, 0.2) is 0 Å². The fourth-order valence-electron chi connectivity index (χ4n) is 2.43. The van der Waals surface area contributed by atoms with Crippen molar-refractivity contribution in [1.29, 1.82) is 0 Å². The summed E-state index contributed by atoms with van der Waals surface area (Å²) < 4.78 is 19.6. The molecular formula is C17H22FN3O3. The number of hydrogen-bond acceptors (Lipinski definition) is 4. The summed E-state index contributed by atoms with van der Waals surface area (Å²) >= 11 is 0. The quantitative estimate of drug-likeness (QED) is 0.810. The van der Waals surface area contributed by atoms with Crippen molar-refractivity contribution < 1.29 is 19.0 Å². The molecule has 0 radical (unpaired) electrons. The Morgan fingerprint density at radius 1 is 1.38 bits per heavy atom. The molecule has 1 atom stereocenters. The number of carbonyl (C=O) groups is 1. The first-order valence-corrected chi connectivity index (χ1v) is 7.73. The monoisotopic (exact) mass is 335 g/mol. The number of nitrogens with zero attached hydrogens (tertiary/aromatic N) is 2. The van der Waals surface area contributed by atoms with Gasteiger partial charge in [-0.3, -0.25) is 4.79 Å². The number of nitrogens with one attached hydrogen (secondary N) is 1. The maximum atomic E-state index is 13.1. The summed E-state index contributed by atoms with van der Waals surface area (Å²) in [6.45, 7) is 4.14. The van der Waals surface area contributed by atoms with Crippen LogP contribution in [0.15, 0.2) is 30.5 Å². The van der Waals surface area contributed by atoms with E-state index in [0.29, 0.717) is 11.3 Å². The summed E-state index contributed by atoms with van der Waals surface area (Å²) in [5.74, 6) is -0.619. The second-order valence-corrected chi connectivity index (χ2v) is 5.81. The maximum Gasteiger partial charge on any atom is 0.254 e. The highest BCUT2D eigenvalue weighted by Crippen LogP contribution is 2.23. The summed E-state index contributed by atoms with van der Waals surface area (Å²) in [4.78, 5) is 12.4. The number of aromatic nitrogens is 2. The third kappa shape index (κ3) is 4.18. The van der Waals surface area contributed by atoms with Crippen molar-refractivity contribution in [2.24, 2.45) is 0 Å². The Balaban J connectivity index is 2.25. The summed E-state index contributed by atoms with van der Waals surface area (Å²) in [6.07, 6.45) is 0.713. The van der Waals surface area contributed by atoms with Crippen LogP contribution >= 0.6 is 0 Å². The summed E-state index contributed by atoms with van der Waals surface area (Å²) in [6, 6.07) is 5.92. The summed E-state index contributed by atoms with van der Waals surface area (Å²) in [5, 5.41) is 16.6. The van der Waals surface area contributed by atoms with E-state index in [0.717, 1.165) is 5.69 Å². The fraction of sp³-hybridized carbons (Fsp3) is 0.412. The molecule has 2 aromatic rings. The molecule has 1 unspecified atom stereocenters. The Bertz CT molecular complexity index is 683. The Labute approximate surface area is 140 Å². The summed E-state index contributed by atoms with van der Waals surface area (Å²) in [5.41, 5.74) is 1.83. The van der Waals surface area contributed by atoms with Gasteiger partial charge < -0.3 is 15.2 Å². The van der Waals surface area contributed by atoms with Gasteiger partial charge in [-0.2, -0.15) is 5.10 Å². The van der Waals surface area contributed by atoms with Gasteiger partial charge in [0.05, 0.1) is 35.9 Å². The smallest absolute Gasteiger partial charge is 0.254 e. The number of benzene rings is 1. The van der Waals surface area contributed by atoms with Gasteiger partial charge in [0.2, 0.25) is 0 Å². The van der Waals surface area contributed by atoms with Gasteiger partial charge in [-0.1, -0.05) is 13.8 Å². The van der Waals surface area contributed by atoms with E-state index >= 15 is 0 Å². The Morgan fingerprint density at radius 3 is 2.62 bits per heavy atom. The second kappa shape index (κ2) is 8.03. The van der Waals surface area contributed by atoms with Crippen LogP contribution in [0.1, 0.15) is 35.8 Å². The SMILES string of the molecule is COCC(O)CNC(=O)c1cnn(-c2ccc(F)cc2)c1C(C)C. The van der Waals surface area contributed by atoms with Gasteiger partial charge >= 0.3 is 0 Å². The lowest BCUT2D eigenvalue weighted by Gasteiger charge is -2.14. The minimum absolute atomic E-state index is 0.0298. The first kappa shape index (κ1) is 18.1. The highest BCUT2D eigenvalue weighted by atomic mass is 19.1. The molecule has 7 heteroatoms. The Morgan fingerprint density at radius 2 is 2.04 bits per heavy atom. The van der Waals surface area contributed by atoms with E-state index in [9.17, 15) is 14.3 Å². The number of ether oxygens (including phenoxy) is 1. The zero-order chi connectivity index (χ0) is 17.7. The molecular weight excluding hydrogens is 313 g/mol. The van der Waals surface area contributed by atoms with Crippen LogP contribution in [0.4, 0.5) is 4.39 Å². The molecule has 0 saturated heterocycles. The van der Waals surface area contributed by atoms with Crippen molar-refractivity contribution in [1.82, 2.24) is 15.1 Å². The van der Waals surface area contributed by atoms with Crippen molar-refractivity contribution in [2.75, 3.05) is 20.3 Å². The van der Waals surface area contributed by atoms with Crippen LogP contribution in [0.5, 0.6) is 0 Å². The molecule has 0 spiro atoms. The van der Waals surface area contributed by atoms with Crippen LogP contribution in [0, 0.1) is 5.82 Å². The highest BCUT2D eigenvalue weighted by molar-refractivity contribution is 5.95. The van der Waals surface area contributed by atoms with Gasteiger partial charge in [-0.15, -0.1) is 0 Å². The lowest BCUT2D eigenvalue weighted by atomic mass is 10.0. The van der Waals surface area contributed by atoms with E-state index in [1.807, 2.05) is 13.8 Å². The van der Waals surface area contributed by atoms with Gasteiger partial charge in [-0.25, -0.2) is 9.07 Å². The minimum atomic E-state index is -0.770. The first-order valence-electron chi connectivity index (χ1n) is 7.73. The number of hydrogen-bond donors (Lipinski definition) is 2. The molecule has 24 heavy (non-hydrogen) atoms. The van der Waals surface area contributed by atoms with Crippen LogP contribution in [0.2, 0.25) is 0 Å². The van der Waals surface area contributed by atoms with E-state index in [4.69, 9.17) is 4.74 Å². The highest BCUT2D eigenvalue weighted by Gasteiger charge is 2.21. The second-order valence-electron chi connectivity index (χ2n) is 5.81. The third-order valence-electron chi connectivity index (χ3n) is 3.53. The van der Waals surface area contributed by atoms with E-state index in [2.05, 4.69) is 10.4 Å². The largest absolute Gasteiger partial charge is 0.389 e. The molecule has 1 heterocycles. The standard InChI is InChI=1S/C17H22FN3O3/c1-11(2)16-15(17(23)19-8-14(22)10-24-3)9-20-21(16)13-6-4-12(18)5-7-13/h4-7,9,11,14,22H,8,10H2,1-3H3,(H,19,23). The molecule has 2 rings (SSSR count). The van der Waals surface area contributed by atoms with Gasteiger partial charge in [0.1, 0.15) is 5.82 Å². The van der Waals surface area contributed by atoms with E-state index in [-0.39, 0.29) is 30.8 Å². The minimum Gasteiger partial charge on any atom is -0.389 e. The lowest BCUT2D eigenvalue weighted by Crippen LogP contribution is -2.34. The van der Waals surface area contributed by atoms with Crippen LogP contribution in [-0.4, -0.2) is 47.2 Å². The molecule has 1 aromatic heterocycles. The number of amides is 1. The molecule has 0 aliphatic rings. The van der Waals surface area contributed by atoms with Crippen molar-refractivity contribution in [3.8, 4) is 5.69 Å². The van der Waals surface area contributed by atoms with Crippen LogP contribution in [0.3, 0.4) is 0 Å². The van der Waals surface area contributed by atoms with Crippen molar-refractivity contribution in [3.05, 3.63) is 47.5 Å². The summed E-state index contributed by atoms with van der Waals surface area (Å²) in [7, 11) is 1.48. The van der Waals surface area contributed by atoms with Crippen molar-refractivity contribution in [2.45, 2.75) is 25.9 Å². The van der Waals surface area contributed by atoms with Gasteiger partial charge in [0.25, 0.3) is 5.91 Å². The number of rotatable bonds is 7. The molecule has 0 saturated carbocycles. The number of methoxy groups -OCH3 is 1. The van der Waals surface area contributed by atoms with Gasteiger partial charge in [-0.05, 0) is 30.2 Å². The third-order valence-corrected chi connectivity index (χ3v) is 3.53. The molecule has 1 amide bonds. The van der Waals surface area contributed by atoms with E-state index in [1.54, 1.807) is 16.8 Å². The average molecular weight is 335 g/mol. The lowest BCUT2D eigenvalue weighted by molar-refractivity contribution is 0.0609. The fourth-order valence-corrected chi connectivity index (χ4v) is 2.43. The predicted octanol–water partition coefficient (Wildman–Crippen LogP) is 1.87. The van der Waals surface area contributed by atoms with Crippen molar-refractivity contribution in [3.63, 3.8) is 0 Å². The van der Waals surface area contributed by atoms with E-state index < -0.39 is 6.10 Å². The number of aliphatic hydroxyl groups excluding tert-OH is 1. The molecule has 0 fully saturated rings. The average Bonchev–Trinajstić information content (AvgIpc) is 2.99. The van der Waals surface area contributed by atoms with Gasteiger partial charge in [0, 0.05) is 13.7 Å². The van der Waals surface area contributed by atoms with Crippen LogP contribution in [-0.2, 0) is 4.74 Å². The molecule has 130 valence electrons. The zero-order valence-corrected chi connectivity index (χ0v) is 14.0. The van der Waals surface area contributed by atoms with Crippen LogP contribution < -0.4 is 5.32 Å².